The molecular weight excluding hydrogens is 350 g/mol. The van der Waals surface area contributed by atoms with Gasteiger partial charge in [0.1, 0.15) is 11.6 Å². The van der Waals surface area contributed by atoms with E-state index in [9.17, 15) is 13.9 Å². The van der Waals surface area contributed by atoms with Crippen LogP contribution in [0.4, 0.5) is 14.5 Å². The lowest BCUT2D eigenvalue weighted by atomic mass is 10.2. The van der Waals surface area contributed by atoms with E-state index < -0.39 is 6.55 Å². The van der Waals surface area contributed by atoms with Crippen molar-refractivity contribution in [3.8, 4) is 5.75 Å². The molecule has 1 atom stereocenters. The van der Waals surface area contributed by atoms with Crippen LogP contribution in [0.3, 0.4) is 0 Å². The van der Waals surface area contributed by atoms with Crippen molar-refractivity contribution >= 4 is 16.7 Å². The molecule has 1 aliphatic heterocycles. The molecule has 0 aliphatic carbocycles. The molecule has 2 heterocycles. The third-order valence-electron chi connectivity index (χ3n) is 5.27. The van der Waals surface area contributed by atoms with Gasteiger partial charge in [-0.25, -0.2) is 4.98 Å². The molecule has 7 heteroatoms. The van der Waals surface area contributed by atoms with Gasteiger partial charge in [-0.1, -0.05) is 12.1 Å². The van der Waals surface area contributed by atoms with Crippen LogP contribution in [0, 0.1) is 0 Å². The monoisotopic (exact) mass is 372 g/mol. The summed E-state index contributed by atoms with van der Waals surface area (Å²) in [6, 6.07) is 14.0. The Labute approximate surface area is 156 Å². The van der Waals surface area contributed by atoms with Gasteiger partial charge in [0, 0.05) is 31.9 Å². The number of hydrogen-bond donors (Lipinski definition) is 1. The number of anilines is 1. The highest BCUT2D eigenvalue weighted by Gasteiger charge is 2.28. The normalized spacial score (nSPS) is 17.0. The van der Waals surface area contributed by atoms with E-state index in [0.29, 0.717) is 16.9 Å². The summed E-state index contributed by atoms with van der Waals surface area (Å²) < 4.78 is 28.5. The fourth-order valence-corrected chi connectivity index (χ4v) is 3.76. The summed E-state index contributed by atoms with van der Waals surface area (Å²) >= 11 is 0. The molecular formula is C20H22F2N4O. The van der Waals surface area contributed by atoms with Crippen molar-refractivity contribution in [2.45, 2.75) is 19.5 Å². The number of halogens is 2. The molecule has 0 saturated carbocycles. The Morgan fingerprint density at radius 3 is 2.30 bits per heavy atom. The second-order valence-corrected chi connectivity index (χ2v) is 6.82. The summed E-state index contributed by atoms with van der Waals surface area (Å²) in [7, 11) is 0. The minimum atomic E-state index is -2.62. The summed E-state index contributed by atoms with van der Waals surface area (Å²) in [5.74, 6) is 0.654. The van der Waals surface area contributed by atoms with Gasteiger partial charge >= 0.3 is 6.55 Å². The van der Waals surface area contributed by atoms with Crippen molar-refractivity contribution in [1.82, 2.24) is 14.5 Å². The summed E-state index contributed by atoms with van der Waals surface area (Å²) in [6.45, 7) is 2.43. The van der Waals surface area contributed by atoms with Crippen molar-refractivity contribution in [2.75, 3.05) is 31.1 Å². The van der Waals surface area contributed by atoms with Gasteiger partial charge in [-0.05, 0) is 43.3 Å². The number of benzene rings is 2. The number of rotatable bonds is 4. The number of phenolic OH excluding ortho intramolecular Hbond substituents is 1. The molecule has 1 aromatic heterocycles. The lowest BCUT2D eigenvalue weighted by molar-refractivity contribution is 0.0641. The van der Waals surface area contributed by atoms with E-state index in [0.717, 1.165) is 36.4 Å². The maximum absolute atomic E-state index is 13.7. The second-order valence-electron chi connectivity index (χ2n) is 6.82. The Hall–Kier alpha value is -2.67. The quantitative estimate of drug-likeness (QED) is 0.751. The van der Waals surface area contributed by atoms with E-state index in [4.69, 9.17) is 0 Å². The number of nitrogens with zero attached hydrogens (tertiary/aromatic N) is 4. The number of fused-ring (bicyclic) bond motifs is 1. The smallest absolute Gasteiger partial charge is 0.320 e. The summed E-state index contributed by atoms with van der Waals surface area (Å²) in [5.41, 5.74) is 2.12. The SMILES string of the molecule is C[C@H](c1nc2ccccc2n1C(F)F)N1CCN(c2ccc(O)cc2)CC1. The van der Waals surface area contributed by atoms with Gasteiger partial charge in [-0.15, -0.1) is 0 Å². The average molecular weight is 372 g/mol. The highest BCUT2D eigenvalue weighted by atomic mass is 19.3. The molecule has 0 spiro atoms. The van der Waals surface area contributed by atoms with Crippen molar-refractivity contribution in [2.24, 2.45) is 0 Å². The molecule has 4 rings (SSSR count). The third-order valence-corrected chi connectivity index (χ3v) is 5.27. The molecule has 1 N–H and O–H groups in total. The molecule has 1 fully saturated rings. The van der Waals surface area contributed by atoms with Crippen molar-refractivity contribution < 1.29 is 13.9 Å². The number of para-hydroxylation sites is 2. The lowest BCUT2D eigenvalue weighted by Crippen LogP contribution is -2.47. The molecule has 0 bridgehead atoms. The van der Waals surface area contributed by atoms with Crippen LogP contribution in [0.25, 0.3) is 11.0 Å². The number of aromatic hydroxyl groups is 1. The van der Waals surface area contributed by atoms with Gasteiger partial charge in [-0.2, -0.15) is 8.78 Å². The topological polar surface area (TPSA) is 44.5 Å². The first-order valence-corrected chi connectivity index (χ1v) is 9.07. The van der Waals surface area contributed by atoms with Crippen LogP contribution in [0.2, 0.25) is 0 Å². The van der Waals surface area contributed by atoms with E-state index in [1.54, 1.807) is 30.3 Å². The standard InChI is InChI=1S/C20H22F2N4O/c1-14(19-23-17-4-2-3-5-18(17)26(19)20(21)22)24-10-12-25(13-11-24)15-6-8-16(27)9-7-15/h2-9,14,20,27H,10-13H2,1H3/t14-/m1/s1. The van der Waals surface area contributed by atoms with E-state index in [1.807, 2.05) is 25.1 Å². The average Bonchev–Trinajstić information content (AvgIpc) is 3.08. The summed E-state index contributed by atoms with van der Waals surface area (Å²) in [5, 5.41) is 9.43. The van der Waals surface area contributed by atoms with Crippen LogP contribution in [0.15, 0.2) is 48.5 Å². The molecule has 0 radical (unpaired) electrons. The van der Waals surface area contributed by atoms with Crippen LogP contribution in [0.1, 0.15) is 25.3 Å². The number of hydrogen-bond acceptors (Lipinski definition) is 4. The van der Waals surface area contributed by atoms with E-state index in [-0.39, 0.29) is 11.8 Å². The highest BCUT2D eigenvalue weighted by Crippen LogP contribution is 2.30. The van der Waals surface area contributed by atoms with Gasteiger partial charge in [0.05, 0.1) is 17.1 Å². The minimum Gasteiger partial charge on any atom is -0.508 e. The van der Waals surface area contributed by atoms with Gasteiger partial charge in [-0.3, -0.25) is 9.47 Å². The van der Waals surface area contributed by atoms with Crippen LogP contribution in [-0.2, 0) is 0 Å². The zero-order valence-corrected chi connectivity index (χ0v) is 15.1. The molecule has 2 aromatic carbocycles. The van der Waals surface area contributed by atoms with Gasteiger partial charge in [0.15, 0.2) is 0 Å². The number of imidazole rings is 1. The molecule has 27 heavy (non-hydrogen) atoms. The van der Waals surface area contributed by atoms with Crippen molar-refractivity contribution in [1.29, 1.82) is 0 Å². The minimum absolute atomic E-state index is 0.201. The number of piperazine rings is 1. The van der Waals surface area contributed by atoms with Gasteiger partial charge < -0.3 is 10.0 Å². The fourth-order valence-electron chi connectivity index (χ4n) is 3.76. The molecule has 1 saturated heterocycles. The van der Waals surface area contributed by atoms with Crippen molar-refractivity contribution in [3.63, 3.8) is 0 Å². The fraction of sp³-hybridized carbons (Fsp3) is 0.350. The molecule has 3 aromatic rings. The Kier molecular flexibility index (Phi) is 4.70. The number of alkyl halides is 2. The number of phenols is 1. The highest BCUT2D eigenvalue weighted by molar-refractivity contribution is 5.76. The molecule has 0 amide bonds. The van der Waals surface area contributed by atoms with Crippen LogP contribution >= 0.6 is 0 Å². The predicted octanol–water partition coefficient (Wildman–Crippen LogP) is 4.02. The van der Waals surface area contributed by atoms with Crippen LogP contribution < -0.4 is 4.90 Å². The Morgan fingerprint density at radius 1 is 0.963 bits per heavy atom. The van der Waals surface area contributed by atoms with Gasteiger partial charge in [0.25, 0.3) is 0 Å². The first-order valence-electron chi connectivity index (χ1n) is 9.07. The predicted molar refractivity (Wildman–Crippen MR) is 101 cm³/mol. The Bertz CT molecular complexity index is 917. The van der Waals surface area contributed by atoms with E-state index in [2.05, 4.69) is 14.8 Å². The van der Waals surface area contributed by atoms with E-state index >= 15 is 0 Å². The van der Waals surface area contributed by atoms with Crippen LogP contribution in [0.5, 0.6) is 5.75 Å². The largest absolute Gasteiger partial charge is 0.508 e. The molecule has 142 valence electrons. The zero-order chi connectivity index (χ0) is 19.0. The number of aromatic nitrogens is 2. The first-order chi connectivity index (χ1) is 13.0. The van der Waals surface area contributed by atoms with Crippen LogP contribution in [-0.4, -0.2) is 45.7 Å². The second kappa shape index (κ2) is 7.15. The maximum Gasteiger partial charge on any atom is 0.320 e. The first kappa shape index (κ1) is 17.7. The maximum atomic E-state index is 13.7. The summed E-state index contributed by atoms with van der Waals surface area (Å²) in [4.78, 5) is 8.92. The summed E-state index contributed by atoms with van der Waals surface area (Å²) in [6.07, 6.45) is 0. The third kappa shape index (κ3) is 3.35. The molecule has 5 nitrogen and oxygen atoms in total. The van der Waals surface area contributed by atoms with Gasteiger partial charge in [0.2, 0.25) is 0 Å². The molecule has 1 aliphatic rings. The zero-order valence-electron chi connectivity index (χ0n) is 15.1. The Morgan fingerprint density at radius 2 is 1.63 bits per heavy atom. The molecule has 0 unspecified atom stereocenters. The van der Waals surface area contributed by atoms with E-state index in [1.165, 1.54) is 0 Å². The van der Waals surface area contributed by atoms with Crippen molar-refractivity contribution in [3.05, 3.63) is 54.4 Å². The lowest BCUT2D eigenvalue weighted by Gasteiger charge is -2.39. The Balaban J connectivity index is 1.53.